The van der Waals surface area contributed by atoms with Gasteiger partial charge in [0.25, 0.3) is 0 Å². The van der Waals surface area contributed by atoms with E-state index in [-0.39, 0.29) is 12.1 Å². The van der Waals surface area contributed by atoms with Crippen molar-refractivity contribution in [2.75, 3.05) is 26.2 Å². The second kappa shape index (κ2) is 8.95. The van der Waals surface area contributed by atoms with Crippen LogP contribution in [-0.4, -0.2) is 59.7 Å². The van der Waals surface area contributed by atoms with Crippen LogP contribution in [0.15, 0.2) is 30.3 Å². The third kappa shape index (κ3) is 5.96. The van der Waals surface area contributed by atoms with Crippen molar-refractivity contribution >= 4 is 12.1 Å². The lowest BCUT2D eigenvalue weighted by Gasteiger charge is -2.47. The molecule has 28 heavy (non-hydrogen) atoms. The minimum Gasteiger partial charge on any atom is -0.461 e. The molecule has 1 aromatic carbocycles. The summed E-state index contributed by atoms with van der Waals surface area (Å²) < 4.78 is 10.8. The Hall–Kier alpha value is -2.08. The smallest absolute Gasteiger partial charge is 0.410 e. The molecular formula is C22H32N2O4. The van der Waals surface area contributed by atoms with E-state index in [0.29, 0.717) is 25.0 Å². The molecule has 6 heteroatoms. The van der Waals surface area contributed by atoms with Gasteiger partial charge in [-0.2, -0.15) is 0 Å². The number of esters is 1. The summed E-state index contributed by atoms with van der Waals surface area (Å²) in [5.41, 5.74) is 0.570. The second-order valence-corrected chi connectivity index (χ2v) is 8.87. The van der Waals surface area contributed by atoms with Crippen LogP contribution < -0.4 is 0 Å². The number of hydrogen-bond donors (Lipinski definition) is 0. The van der Waals surface area contributed by atoms with E-state index in [0.717, 1.165) is 44.6 Å². The maximum atomic E-state index is 12.1. The fourth-order valence-corrected chi connectivity index (χ4v) is 3.72. The first-order chi connectivity index (χ1) is 13.3. The number of hydrogen-bond acceptors (Lipinski definition) is 5. The molecule has 0 saturated carbocycles. The zero-order chi connectivity index (χ0) is 20.1. The van der Waals surface area contributed by atoms with Crippen molar-refractivity contribution in [2.24, 2.45) is 5.92 Å². The Balaban J connectivity index is 1.32. The summed E-state index contributed by atoms with van der Waals surface area (Å²) in [6, 6.07) is 10.2. The monoisotopic (exact) mass is 388 g/mol. The van der Waals surface area contributed by atoms with Gasteiger partial charge in [0.2, 0.25) is 0 Å². The average molecular weight is 389 g/mol. The molecule has 0 unspecified atom stereocenters. The molecule has 154 valence electrons. The summed E-state index contributed by atoms with van der Waals surface area (Å²) >= 11 is 0. The fourth-order valence-electron chi connectivity index (χ4n) is 3.72. The van der Waals surface area contributed by atoms with E-state index >= 15 is 0 Å². The van der Waals surface area contributed by atoms with Crippen molar-refractivity contribution in [1.82, 2.24) is 9.80 Å². The second-order valence-electron chi connectivity index (χ2n) is 8.87. The number of carbonyl (C=O) groups is 2. The maximum Gasteiger partial charge on any atom is 0.410 e. The Morgan fingerprint density at radius 1 is 1.07 bits per heavy atom. The van der Waals surface area contributed by atoms with Gasteiger partial charge < -0.3 is 14.4 Å². The van der Waals surface area contributed by atoms with Gasteiger partial charge in [0, 0.05) is 25.6 Å². The van der Waals surface area contributed by atoms with Crippen molar-refractivity contribution in [3.05, 3.63) is 35.9 Å². The average Bonchev–Trinajstić information content (AvgIpc) is 2.59. The van der Waals surface area contributed by atoms with Crippen LogP contribution in [0.1, 0.15) is 45.6 Å². The molecule has 2 aliphatic rings. The van der Waals surface area contributed by atoms with Gasteiger partial charge in [0.1, 0.15) is 12.2 Å². The lowest BCUT2D eigenvalue weighted by Crippen LogP contribution is -2.62. The van der Waals surface area contributed by atoms with Crippen LogP contribution in [0.4, 0.5) is 4.79 Å². The predicted molar refractivity (Wildman–Crippen MR) is 107 cm³/mol. The van der Waals surface area contributed by atoms with Crippen LogP contribution in [0.25, 0.3) is 0 Å². The molecule has 0 radical (unpaired) electrons. The van der Waals surface area contributed by atoms with Gasteiger partial charge in [0.15, 0.2) is 0 Å². The van der Waals surface area contributed by atoms with Crippen LogP contribution in [0.5, 0.6) is 0 Å². The summed E-state index contributed by atoms with van der Waals surface area (Å²) in [6.07, 6.45) is 2.28. The number of piperidine rings is 1. The summed E-state index contributed by atoms with van der Waals surface area (Å²) in [7, 11) is 0. The molecule has 2 fully saturated rings. The zero-order valence-electron chi connectivity index (χ0n) is 17.2. The molecule has 2 saturated heterocycles. The van der Waals surface area contributed by atoms with E-state index in [2.05, 4.69) is 4.90 Å². The topological polar surface area (TPSA) is 59.1 Å². The van der Waals surface area contributed by atoms with Crippen molar-refractivity contribution in [1.29, 1.82) is 0 Å². The van der Waals surface area contributed by atoms with Crippen molar-refractivity contribution in [2.45, 2.75) is 58.3 Å². The highest BCUT2D eigenvalue weighted by atomic mass is 16.6. The molecule has 1 amide bonds. The Labute approximate surface area is 167 Å². The van der Waals surface area contributed by atoms with Gasteiger partial charge in [-0.25, -0.2) is 4.79 Å². The first-order valence-electron chi connectivity index (χ1n) is 10.2. The van der Waals surface area contributed by atoms with E-state index in [9.17, 15) is 9.59 Å². The molecule has 0 bridgehead atoms. The summed E-state index contributed by atoms with van der Waals surface area (Å²) in [4.78, 5) is 28.3. The number of rotatable bonds is 5. The fraction of sp³-hybridized carbons (Fsp3) is 0.636. The number of nitrogens with zero attached hydrogens (tertiary/aromatic N) is 2. The standard InChI is InChI=1S/C22H32N2O4/c1-22(2,3)28-21(26)24-14-19(15-24)23-11-9-17(10-12-23)13-20(25)27-16-18-7-5-4-6-8-18/h4-8,17,19H,9-16H2,1-3H3. The maximum absolute atomic E-state index is 12.1. The molecule has 2 heterocycles. The van der Waals surface area contributed by atoms with Crippen molar-refractivity contribution in [3.8, 4) is 0 Å². The Morgan fingerprint density at radius 2 is 1.71 bits per heavy atom. The normalized spacial score (nSPS) is 19.2. The first-order valence-corrected chi connectivity index (χ1v) is 10.2. The minimum atomic E-state index is -0.449. The van der Waals surface area contributed by atoms with E-state index in [1.807, 2.05) is 51.1 Å². The highest BCUT2D eigenvalue weighted by molar-refractivity contribution is 5.70. The van der Waals surface area contributed by atoms with Gasteiger partial charge in [-0.05, 0) is 58.2 Å². The third-order valence-electron chi connectivity index (χ3n) is 5.38. The molecule has 1 aromatic rings. The molecule has 0 atom stereocenters. The summed E-state index contributed by atoms with van der Waals surface area (Å²) in [5, 5.41) is 0. The van der Waals surface area contributed by atoms with Gasteiger partial charge in [0.05, 0.1) is 0 Å². The quantitative estimate of drug-likeness (QED) is 0.723. The number of ether oxygens (including phenoxy) is 2. The lowest BCUT2D eigenvalue weighted by atomic mass is 9.92. The molecule has 0 aliphatic carbocycles. The molecule has 0 N–H and O–H groups in total. The van der Waals surface area contributed by atoms with Crippen LogP contribution in [0.2, 0.25) is 0 Å². The molecule has 6 nitrogen and oxygen atoms in total. The largest absolute Gasteiger partial charge is 0.461 e. The highest BCUT2D eigenvalue weighted by Gasteiger charge is 2.38. The predicted octanol–water partition coefficient (Wildman–Crippen LogP) is 3.45. The summed E-state index contributed by atoms with van der Waals surface area (Å²) in [5.74, 6) is 0.281. The van der Waals surface area contributed by atoms with Gasteiger partial charge in [-0.3, -0.25) is 9.69 Å². The number of amides is 1. The van der Waals surface area contributed by atoms with E-state index in [4.69, 9.17) is 9.47 Å². The van der Waals surface area contributed by atoms with Crippen LogP contribution in [-0.2, 0) is 20.9 Å². The molecule has 2 aliphatic heterocycles. The molecular weight excluding hydrogens is 356 g/mol. The van der Waals surface area contributed by atoms with Crippen LogP contribution >= 0.6 is 0 Å². The molecule has 0 aromatic heterocycles. The SMILES string of the molecule is CC(C)(C)OC(=O)N1CC(N2CCC(CC(=O)OCc3ccccc3)CC2)C1. The van der Waals surface area contributed by atoms with Crippen LogP contribution in [0, 0.1) is 5.92 Å². The molecule has 3 rings (SSSR count). The van der Waals surface area contributed by atoms with E-state index < -0.39 is 5.60 Å². The van der Waals surface area contributed by atoms with E-state index in [1.165, 1.54) is 0 Å². The molecule has 0 spiro atoms. The van der Waals surface area contributed by atoms with Crippen LogP contribution in [0.3, 0.4) is 0 Å². The van der Waals surface area contributed by atoms with Gasteiger partial charge in [-0.1, -0.05) is 30.3 Å². The lowest BCUT2D eigenvalue weighted by molar-refractivity contribution is -0.146. The number of carbonyl (C=O) groups excluding carboxylic acids is 2. The zero-order valence-corrected chi connectivity index (χ0v) is 17.2. The van der Waals surface area contributed by atoms with Gasteiger partial charge >= 0.3 is 12.1 Å². The Kier molecular flexibility index (Phi) is 6.60. The van der Waals surface area contributed by atoms with Crippen molar-refractivity contribution in [3.63, 3.8) is 0 Å². The van der Waals surface area contributed by atoms with E-state index in [1.54, 1.807) is 4.90 Å². The number of benzene rings is 1. The number of likely N-dealkylation sites (tertiary alicyclic amines) is 2. The van der Waals surface area contributed by atoms with Gasteiger partial charge in [-0.15, -0.1) is 0 Å². The summed E-state index contributed by atoms with van der Waals surface area (Å²) in [6.45, 7) is 9.43. The minimum absolute atomic E-state index is 0.109. The highest BCUT2D eigenvalue weighted by Crippen LogP contribution is 2.26. The Bertz CT molecular complexity index is 657. The Morgan fingerprint density at radius 3 is 2.32 bits per heavy atom. The first kappa shape index (κ1) is 20.6. The van der Waals surface area contributed by atoms with Crippen molar-refractivity contribution < 1.29 is 19.1 Å². The third-order valence-corrected chi connectivity index (χ3v) is 5.38.